The van der Waals surface area contributed by atoms with Crippen molar-refractivity contribution in [1.82, 2.24) is 15.1 Å². The summed E-state index contributed by atoms with van der Waals surface area (Å²) in [6.07, 6.45) is 0.0259. The van der Waals surface area contributed by atoms with E-state index in [2.05, 4.69) is 15.5 Å². The van der Waals surface area contributed by atoms with Gasteiger partial charge in [0.2, 0.25) is 5.91 Å². The van der Waals surface area contributed by atoms with E-state index in [-0.39, 0.29) is 41.5 Å². The molecule has 0 atom stereocenters. The van der Waals surface area contributed by atoms with Crippen LogP contribution in [-0.4, -0.2) is 70.7 Å². The van der Waals surface area contributed by atoms with Crippen LogP contribution >= 0.6 is 11.3 Å². The lowest BCUT2D eigenvalue weighted by Crippen LogP contribution is -2.41. The summed E-state index contributed by atoms with van der Waals surface area (Å²) in [7, 11) is 0. The van der Waals surface area contributed by atoms with E-state index in [1.165, 1.54) is 29.5 Å². The lowest BCUT2D eigenvalue weighted by Gasteiger charge is -2.25. The molecular weight excluding hydrogens is 444 g/mol. The molecule has 9 nitrogen and oxygen atoms in total. The van der Waals surface area contributed by atoms with E-state index in [0.29, 0.717) is 31.3 Å². The molecule has 1 aromatic heterocycles. The second-order valence-corrected chi connectivity index (χ2v) is 8.53. The Morgan fingerprint density at radius 3 is 2.55 bits per heavy atom. The summed E-state index contributed by atoms with van der Waals surface area (Å²) in [6, 6.07) is 13.7. The summed E-state index contributed by atoms with van der Waals surface area (Å²) in [5.41, 5.74) is 1.22. The number of amides is 1. The molecule has 3 aromatic rings. The van der Waals surface area contributed by atoms with Gasteiger partial charge in [0.25, 0.3) is 0 Å². The number of morpholine rings is 1. The van der Waals surface area contributed by atoms with Crippen LogP contribution in [0.15, 0.2) is 48.5 Å². The van der Waals surface area contributed by atoms with Crippen LogP contribution in [0.25, 0.3) is 10.6 Å². The number of hydrogen-bond acceptors (Lipinski definition) is 8. The molecule has 2 N–H and O–H groups in total. The fourth-order valence-electron chi connectivity index (χ4n) is 3.42. The SMILES string of the molecule is O=C(CN1CCOCC1)Nc1cc(C(=O)Cc2nnc(-c3ccccc3)s2)ccc1C(=O)O. The normalized spacial score (nSPS) is 14.1. The second-order valence-electron chi connectivity index (χ2n) is 7.47. The van der Waals surface area contributed by atoms with Crippen LogP contribution in [0.3, 0.4) is 0 Å². The van der Waals surface area contributed by atoms with Crippen LogP contribution in [-0.2, 0) is 16.0 Å². The van der Waals surface area contributed by atoms with Crippen molar-refractivity contribution in [2.45, 2.75) is 6.42 Å². The van der Waals surface area contributed by atoms with E-state index in [1.54, 1.807) is 0 Å². The van der Waals surface area contributed by atoms with Crippen LogP contribution in [0.5, 0.6) is 0 Å². The molecule has 0 aliphatic carbocycles. The third-order valence-corrected chi connectivity index (χ3v) is 6.09. The van der Waals surface area contributed by atoms with E-state index in [9.17, 15) is 19.5 Å². The number of hydrogen-bond donors (Lipinski definition) is 2. The number of benzene rings is 2. The summed E-state index contributed by atoms with van der Waals surface area (Å²) in [5, 5.41) is 21.7. The first-order valence-electron chi connectivity index (χ1n) is 10.4. The highest BCUT2D eigenvalue weighted by Crippen LogP contribution is 2.25. The number of carbonyl (C=O) groups is 3. The smallest absolute Gasteiger partial charge is 0.337 e. The lowest BCUT2D eigenvalue weighted by atomic mass is 10.0. The summed E-state index contributed by atoms with van der Waals surface area (Å²) < 4.78 is 5.27. The van der Waals surface area contributed by atoms with Crippen molar-refractivity contribution in [2.75, 3.05) is 38.2 Å². The zero-order valence-electron chi connectivity index (χ0n) is 17.7. The highest BCUT2D eigenvalue weighted by Gasteiger charge is 2.19. The zero-order chi connectivity index (χ0) is 23.2. The van der Waals surface area contributed by atoms with Crippen molar-refractivity contribution in [2.24, 2.45) is 0 Å². The minimum Gasteiger partial charge on any atom is -0.478 e. The summed E-state index contributed by atoms with van der Waals surface area (Å²) in [4.78, 5) is 38.9. The van der Waals surface area contributed by atoms with Gasteiger partial charge in [0.05, 0.1) is 37.4 Å². The van der Waals surface area contributed by atoms with Gasteiger partial charge in [-0.1, -0.05) is 47.7 Å². The number of carboxylic acids is 1. The van der Waals surface area contributed by atoms with Gasteiger partial charge in [-0.15, -0.1) is 10.2 Å². The fourth-order valence-corrected chi connectivity index (χ4v) is 4.27. The highest BCUT2D eigenvalue weighted by molar-refractivity contribution is 7.14. The van der Waals surface area contributed by atoms with E-state index >= 15 is 0 Å². The summed E-state index contributed by atoms with van der Waals surface area (Å²) >= 11 is 1.33. The zero-order valence-corrected chi connectivity index (χ0v) is 18.5. The van der Waals surface area contributed by atoms with Crippen molar-refractivity contribution < 1.29 is 24.2 Å². The number of aromatic carboxylic acids is 1. The molecule has 0 saturated carbocycles. The largest absolute Gasteiger partial charge is 0.478 e. The molecule has 1 saturated heterocycles. The first-order valence-corrected chi connectivity index (χ1v) is 11.2. The van der Waals surface area contributed by atoms with Crippen molar-refractivity contribution in [1.29, 1.82) is 0 Å². The Kier molecular flexibility index (Phi) is 7.18. The van der Waals surface area contributed by atoms with E-state index in [4.69, 9.17) is 4.74 Å². The monoisotopic (exact) mass is 466 g/mol. The average molecular weight is 467 g/mol. The summed E-state index contributed by atoms with van der Waals surface area (Å²) in [5.74, 6) is -1.78. The first-order chi connectivity index (χ1) is 16.0. The predicted molar refractivity (Wildman–Crippen MR) is 123 cm³/mol. The number of carboxylic acid groups (broad SMARTS) is 1. The number of Topliss-reactive ketones (excluding diaryl/α,β-unsaturated/α-hetero) is 1. The van der Waals surface area contributed by atoms with E-state index in [0.717, 1.165) is 10.6 Å². The van der Waals surface area contributed by atoms with Gasteiger partial charge in [-0.25, -0.2) is 4.79 Å². The van der Waals surface area contributed by atoms with E-state index in [1.807, 2.05) is 35.2 Å². The van der Waals surface area contributed by atoms with Crippen LogP contribution < -0.4 is 5.32 Å². The Balaban J connectivity index is 1.47. The van der Waals surface area contributed by atoms with Gasteiger partial charge in [0.15, 0.2) is 5.78 Å². The molecule has 1 aliphatic rings. The fraction of sp³-hybridized carbons (Fsp3) is 0.261. The molecule has 10 heteroatoms. The number of rotatable bonds is 8. The molecule has 33 heavy (non-hydrogen) atoms. The molecule has 170 valence electrons. The minimum atomic E-state index is -1.19. The topological polar surface area (TPSA) is 122 Å². The molecule has 0 bridgehead atoms. The molecule has 0 radical (unpaired) electrons. The number of ketones is 1. The maximum Gasteiger partial charge on any atom is 0.337 e. The lowest BCUT2D eigenvalue weighted by molar-refractivity contribution is -0.118. The molecule has 0 unspecified atom stereocenters. The average Bonchev–Trinajstić information content (AvgIpc) is 3.28. The number of ether oxygens (including phenoxy) is 1. The number of anilines is 1. The number of aromatic nitrogens is 2. The molecule has 2 heterocycles. The van der Waals surface area contributed by atoms with Gasteiger partial charge in [-0.2, -0.15) is 0 Å². The molecule has 1 fully saturated rings. The minimum absolute atomic E-state index is 0.0259. The molecular formula is C23H22N4O5S. The Morgan fingerprint density at radius 2 is 1.82 bits per heavy atom. The van der Waals surface area contributed by atoms with Crippen molar-refractivity contribution >= 4 is 34.7 Å². The Morgan fingerprint density at radius 1 is 1.06 bits per heavy atom. The summed E-state index contributed by atoms with van der Waals surface area (Å²) in [6.45, 7) is 2.48. The van der Waals surface area contributed by atoms with Crippen LogP contribution in [0.4, 0.5) is 5.69 Å². The Bertz CT molecular complexity index is 1160. The third-order valence-electron chi connectivity index (χ3n) is 5.12. The van der Waals surface area contributed by atoms with Gasteiger partial charge in [0, 0.05) is 24.2 Å². The molecule has 1 amide bonds. The van der Waals surface area contributed by atoms with Gasteiger partial charge in [-0.05, 0) is 12.1 Å². The number of carbonyl (C=O) groups excluding carboxylic acids is 2. The van der Waals surface area contributed by atoms with Crippen molar-refractivity contribution in [3.8, 4) is 10.6 Å². The Hall–Kier alpha value is -3.47. The molecule has 0 spiro atoms. The third kappa shape index (κ3) is 5.86. The predicted octanol–water partition coefficient (Wildman–Crippen LogP) is 2.60. The van der Waals surface area contributed by atoms with Crippen LogP contribution in [0, 0.1) is 0 Å². The van der Waals surface area contributed by atoms with Gasteiger partial charge < -0.3 is 15.2 Å². The second kappa shape index (κ2) is 10.4. The van der Waals surface area contributed by atoms with Gasteiger partial charge >= 0.3 is 5.97 Å². The Labute approximate surface area is 194 Å². The standard InChI is InChI=1S/C23H22N4O5S/c28-19(13-21-25-26-22(33-21)15-4-2-1-3-5-15)16-6-7-17(23(30)31)18(12-16)24-20(29)14-27-8-10-32-11-9-27/h1-7,12H,8-11,13-14H2,(H,24,29)(H,30,31). The maximum absolute atomic E-state index is 12.9. The first kappa shape index (κ1) is 22.7. The maximum atomic E-state index is 12.9. The quantitative estimate of drug-likeness (QED) is 0.486. The van der Waals surface area contributed by atoms with Crippen molar-refractivity contribution in [3.05, 3.63) is 64.7 Å². The van der Waals surface area contributed by atoms with Gasteiger partial charge in [-0.3, -0.25) is 14.5 Å². The highest BCUT2D eigenvalue weighted by atomic mass is 32.1. The van der Waals surface area contributed by atoms with Crippen molar-refractivity contribution in [3.63, 3.8) is 0 Å². The van der Waals surface area contributed by atoms with E-state index < -0.39 is 5.97 Å². The molecule has 1 aliphatic heterocycles. The van der Waals surface area contributed by atoms with Crippen LogP contribution in [0.2, 0.25) is 0 Å². The van der Waals surface area contributed by atoms with Crippen LogP contribution in [0.1, 0.15) is 25.7 Å². The van der Waals surface area contributed by atoms with Gasteiger partial charge in [0.1, 0.15) is 10.0 Å². The number of nitrogens with one attached hydrogen (secondary N) is 1. The number of nitrogens with zero attached hydrogens (tertiary/aromatic N) is 3. The molecule has 2 aromatic carbocycles. The molecule has 4 rings (SSSR count).